The van der Waals surface area contributed by atoms with E-state index in [1.54, 1.807) is 11.3 Å². The number of piperidine rings is 1. The minimum absolute atomic E-state index is 0.395. The van der Waals surface area contributed by atoms with Gasteiger partial charge in [-0.15, -0.1) is 11.3 Å². The van der Waals surface area contributed by atoms with Gasteiger partial charge in [-0.05, 0) is 38.2 Å². The van der Waals surface area contributed by atoms with Crippen molar-refractivity contribution in [2.75, 3.05) is 32.8 Å². The highest BCUT2D eigenvalue weighted by Gasteiger charge is 2.19. The van der Waals surface area contributed by atoms with Crippen molar-refractivity contribution in [1.82, 2.24) is 20.5 Å². The number of benzene rings is 1. The van der Waals surface area contributed by atoms with E-state index in [1.807, 2.05) is 6.20 Å². The molecule has 0 bridgehead atoms. The number of guanidine groups is 1. The van der Waals surface area contributed by atoms with Crippen molar-refractivity contribution in [2.45, 2.75) is 58.7 Å². The molecule has 1 aromatic carbocycles. The van der Waals surface area contributed by atoms with Crippen LogP contribution in [0.1, 0.15) is 48.6 Å². The van der Waals surface area contributed by atoms with Crippen molar-refractivity contribution in [3.05, 3.63) is 52.0 Å². The van der Waals surface area contributed by atoms with Gasteiger partial charge in [0, 0.05) is 50.4 Å². The second kappa shape index (κ2) is 13.5. The molecule has 6 nitrogen and oxygen atoms in total. The average molecular weight is 444 g/mol. The lowest BCUT2D eigenvalue weighted by Gasteiger charge is -2.32. The fraction of sp³-hybridized carbons (Fsp3) is 0.583. The van der Waals surface area contributed by atoms with Gasteiger partial charge < -0.3 is 15.4 Å². The maximum absolute atomic E-state index is 6.13. The molecule has 2 aromatic rings. The number of nitrogens with one attached hydrogen (secondary N) is 2. The van der Waals surface area contributed by atoms with Gasteiger partial charge >= 0.3 is 0 Å². The molecule has 31 heavy (non-hydrogen) atoms. The summed E-state index contributed by atoms with van der Waals surface area (Å²) < 4.78 is 6.13. The molecule has 2 heterocycles. The maximum atomic E-state index is 6.13. The van der Waals surface area contributed by atoms with Crippen LogP contribution >= 0.6 is 11.3 Å². The quantitative estimate of drug-likeness (QED) is 0.314. The number of aryl methyl sites for hydroxylation is 1. The molecule has 1 fully saturated rings. The highest BCUT2D eigenvalue weighted by molar-refractivity contribution is 7.11. The minimum Gasteiger partial charge on any atom is -0.378 e. The van der Waals surface area contributed by atoms with Crippen molar-refractivity contribution in [2.24, 2.45) is 4.99 Å². The highest BCUT2D eigenvalue weighted by atomic mass is 32.1. The third-order valence-corrected chi connectivity index (χ3v) is 6.54. The topological polar surface area (TPSA) is 61.8 Å². The summed E-state index contributed by atoms with van der Waals surface area (Å²) in [5.74, 6) is 0.852. The Kier molecular flexibility index (Phi) is 10.3. The molecule has 0 unspecified atom stereocenters. The third-order valence-electron chi connectivity index (χ3n) is 5.42. The number of nitrogens with zero attached hydrogens (tertiary/aromatic N) is 3. The molecule has 170 valence electrons. The van der Waals surface area contributed by atoms with E-state index in [0.717, 1.165) is 76.0 Å². The van der Waals surface area contributed by atoms with Gasteiger partial charge in [-0.3, -0.25) is 4.90 Å². The first-order valence-electron chi connectivity index (χ1n) is 11.6. The molecule has 3 rings (SSSR count). The average Bonchev–Trinajstić information content (AvgIpc) is 3.27. The van der Waals surface area contributed by atoms with E-state index in [-0.39, 0.29) is 0 Å². The van der Waals surface area contributed by atoms with Crippen LogP contribution in [0.5, 0.6) is 0 Å². The second-order valence-corrected chi connectivity index (χ2v) is 9.08. The molecule has 0 amide bonds. The fourth-order valence-electron chi connectivity index (χ4n) is 3.68. The summed E-state index contributed by atoms with van der Waals surface area (Å²) in [5, 5.41) is 7.79. The van der Waals surface area contributed by atoms with Gasteiger partial charge in [0.05, 0.1) is 12.6 Å². The Morgan fingerprint density at radius 3 is 2.71 bits per heavy atom. The minimum atomic E-state index is 0.395. The van der Waals surface area contributed by atoms with Crippen LogP contribution in [0.25, 0.3) is 0 Å². The van der Waals surface area contributed by atoms with Crippen LogP contribution in [-0.4, -0.2) is 54.7 Å². The van der Waals surface area contributed by atoms with Crippen molar-refractivity contribution in [1.29, 1.82) is 0 Å². The van der Waals surface area contributed by atoms with E-state index >= 15 is 0 Å². The second-order valence-electron chi connectivity index (χ2n) is 7.88. The Labute approximate surface area is 191 Å². The van der Waals surface area contributed by atoms with Gasteiger partial charge in [0.15, 0.2) is 5.96 Å². The van der Waals surface area contributed by atoms with Gasteiger partial charge in [-0.25, -0.2) is 9.98 Å². The van der Waals surface area contributed by atoms with Crippen molar-refractivity contribution < 1.29 is 4.74 Å². The lowest BCUT2D eigenvalue weighted by atomic mass is 10.1. The van der Waals surface area contributed by atoms with Gasteiger partial charge in [-0.1, -0.05) is 37.3 Å². The van der Waals surface area contributed by atoms with E-state index < -0.39 is 0 Å². The molecule has 0 atom stereocenters. The number of hydrogen-bond acceptors (Lipinski definition) is 5. The number of aliphatic imine (C=N–C) groups is 1. The van der Waals surface area contributed by atoms with Crippen LogP contribution in [0.2, 0.25) is 0 Å². The zero-order valence-corrected chi connectivity index (χ0v) is 19.8. The first-order valence-corrected chi connectivity index (χ1v) is 12.4. The molecule has 0 radical (unpaired) electrons. The zero-order valence-electron chi connectivity index (χ0n) is 19.0. The molecule has 1 aliphatic rings. The summed E-state index contributed by atoms with van der Waals surface area (Å²) in [7, 11) is 0. The Morgan fingerprint density at radius 2 is 2.00 bits per heavy atom. The molecule has 0 spiro atoms. The Morgan fingerprint density at radius 1 is 1.19 bits per heavy atom. The number of ether oxygens (including phenoxy) is 1. The fourth-order valence-corrected chi connectivity index (χ4v) is 4.46. The van der Waals surface area contributed by atoms with Crippen LogP contribution in [0, 0.1) is 0 Å². The number of rotatable bonds is 11. The standard InChI is InChI=1S/C24H37N5OS/c1-3-22-17-27-23(31-22)18-28-24(25-4-2)26-13-8-16-30-21-11-14-29(15-12-21)19-20-9-6-5-7-10-20/h5-7,9-10,17,21H,3-4,8,11-16,18-19H2,1-2H3,(H2,25,26,28). The smallest absolute Gasteiger partial charge is 0.191 e. The summed E-state index contributed by atoms with van der Waals surface area (Å²) in [6.07, 6.45) is 6.61. The molecule has 0 aliphatic carbocycles. The molecule has 1 aromatic heterocycles. The summed E-state index contributed by atoms with van der Waals surface area (Å²) >= 11 is 1.74. The van der Waals surface area contributed by atoms with E-state index in [9.17, 15) is 0 Å². The largest absolute Gasteiger partial charge is 0.378 e. The molecule has 1 aliphatic heterocycles. The molecular formula is C24H37N5OS. The van der Waals surface area contributed by atoms with Gasteiger partial charge in [0.1, 0.15) is 5.01 Å². The summed E-state index contributed by atoms with van der Waals surface area (Å²) in [6.45, 7) is 10.6. The van der Waals surface area contributed by atoms with Gasteiger partial charge in [0.2, 0.25) is 0 Å². The van der Waals surface area contributed by atoms with Crippen molar-refractivity contribution in [3.63, 3.8) is 0 Å². The molecule has 2 N–H and O–H groups in total. The van der Waals surface area contributed by atoms with E-state index in [2.05, 4.69) is 69.7 Å². The number of hydrogen-bond donors (Lipinski definition) is 2. The van der Waals surface area contributed by atoms with Crippen LogP contribution < -0.4 is 10.6 Å². The highest BCUT2D eigenvalue weighted by Crippen LogP contribution is 2.16. The molecule has 0 saturated carbocycles. The van der Waals surface area contributed by atoms with Crippen LogP contribution in [0.15, 0.2) is 41.5 Å². The summed E-state index contributed by atoms with van der Waals surface area (Å²) in [5.41, 5.74) is 1.40. The normalized spacial score (nSPS) is 15.9. The number of aromatic nitrogens is 1. The van der Waals surface area contributed by atoms with Crippen LogP contribution in [0.4, 0.5) is 0 Å². The van der Waals surface area contributed by atoms with E-state index in [4.69, 9.17) is 4.74 Å². The predicted octanol–water partition coefficient (Wildman–Crippen LogP) is 3.83. The lowest BCUT2D eigenvalue weighted by Crippen LogP contribution is -2.38. The monoisotopic (exact) mass is 443 g/mol. The lowest BCUT2D eigenvalue weighted by molar-refractivity contribution is 0.00534. The number of thiazole rings is 1. The van der Waals surface area contributed by atoms with Crippen LogP contribution in [0.3, 0.4) is 0 Å². The number of likely N-dealkylation sites (tertiary alicyclic amines) is 1. The van der Waals surface area contributed by atoms with E-state index in [0.29, 0.717) is 12.6 Å². The first kappa shape index (κ1) is 23.7. The molecule has 7 heteroatoms. The molecular weight excluding hydrogens is 406 g/mol. The third kappa shape index (κ3) is 8.59. The van der Waals surface area contributed by atoms with Gasteiger partial charge in [-0.2, -0.15) is 0 Å². The van der Waals surface area contributed by atoms with Crippen molar-refractivity contribution >= 4 is 17.3 Å². The zero-order chi connectivity index (χ0) is 21.7. The predicted molar refractivity (Wildman–Crippen MR) is 130 cm³/mol. The Bertz CT molecular complexity index is 771. The Balaban J connectivity index is 1.28. The maximum Gasteiger partial charge on any atom is 0.191 e. The van der Waals surface area contributed by atoms with E-state index in [1.165, 1.54) is 10.4 Å². The van der Waals surface area contributed by atoms with Gasteiger partial charge in [0.25, 0.3) is 0 Å². The first-order chi connectivity index (χ1) is 15.3. The Hall–Kier alpha value is -1.96. The SMILES string of the molecule is CCNC(=NCc1ncc(CC)s1)NCCCOC1CCN(Cc2ccccc2)CC1. The summed E-state index contributed by atoms with van der Waals surface area (Å²) in [4.78, 5) is 12.9. The van der Waals surface area contributed by atoms with Crippen LogP contribution in [-0.2, 0) is 24.2 Å². The molecule has 1 saturated heterocycles. The summed E-state index contributed by atoms with van der Waals surface area (Å²) in [6, 6.07) is 10.7. The van der Waals surface area contributed by atoms with Crippen molar-refractivity contribution in [3.8, 4) is 0 Å².